The van der Waals surface area contributed by atoms with Crippen molar-refractivity contribution in [1.82, 2.24) is 0 Å². The molecule has 8 heteroatoms. The lowest BCUT2D eigenvalue weighted by Crippen LogP contribution is -2.13. The standard InChI is InChI=1S/C18H22N6S2/c1-3-7-12(20)14(4-2)25-17(23)11(10-19)16(22)18(24)26-15-9-6-5-8-13(15)21/h3-9H,1,20-24H2,2H3/b12-7+,14-4+,17-11+,18-16-. The summed E-state index contributed by atoms with van der Waals surface area (Å²) in [5.41, 5.74) is 31.2. The second kappa shape index (κ2) is 10.2. The Morgan fingerprint density at radius 1 is 1.15 bits per heavy atom. The lowest BCUT2D eigenvalue weighted by Gasteiger charge is -2.12. The van der Waals surface area contributed by atoms with E-state index in [2.05, 4.69) is 6.58 Å². The zero-order chi connectivity index (χ0) is 19.7. The van der Waals surface area contributed by atoms with Gasteiger partial charge >= 0.3 is 0 Å². The third kappa shape index (κ3) is 5.58. The molecular weight excluding hydrogens is 364 g/mol. The molecule has 26 heavy (non-hydrogen) atoms. The molecule has 10 N–H and O–H groups in total. The number of hydrogen-bond donors (Lipinski definition) is 5. The molecule has 1 aromatic carbocycles. The van der Waals surface area contributed by atoms with Gasteiger partial charge in [0, 0.05) is 21.2 Å². The zero-order valence-corrected chi connectivity index (χ0v) is 16.0. The summed E-state index contributed by atoms with van der Waals surface area (Å²) in [4.78, 5) is 1.42. The van der Waals surface area contributed by atoms with Crippen LogP contribution in [-0.4, -0.2) is 0 Å². The summed E-state index contributed by atoms with van der Waals surface area (Å²) in [6, 6.07) is 9.22. The van der Waals surface area contributed by atoms with Crippen molar-refractivity contribution in [2.24, 2.45) is 22.9 Å². The van der Waals surface area contributed by atoms with Crippen LogP contribution in [0.25, 0.3) is 0 Å². The molecule has 0 unspecified atom stereocenters. The van der Waals surface area contributed by atoms with Crippen LogP contribution in [0.3, 0.4) is 0 Å². The molecule has 0 amide bonds. The number of para-hydroxylation sites is 1. The highest BCUT2D eigenvalue weighted by atomic mass is 32.2. The van der Waals surface area contributed by atoms with Gasteiger partial charge in [-0.1, -0.05) is 54.4 Å². The molecule has 1 aromatic rings. The van der Waals surface area contributed by atoms with Gasteiger partial charge in [0.05, 0.1) is 15.8 Å². The molecule has 136 valence electrons. The summed E-state index contributed by atoms with van der Waals surface area (Å²) in [7, 11) is 0. The number of allylic oxidation sites excluding steroid dienone is 4. The fourth-order valence-corrected chi connectivity index (χ4v) is 3.36. The van der Waals surface area contributed by atoms with Crippen LogP contribution in [0.2, 0.25) is 0 Å². The quantitative estimate of drug-likeness (QED) is 0.207. The Labute approximate surface area is 162 Å². The highest BCUT2D eigenvalue weighted by molar-refractivity contribution is 8.07. The summed E-state index contributed by atoms with van der Waals surface area (Å²) >= 11 is 2.30. The van der Waals surface area contributed by atoms with E-state index in [1.807, 2.05) is 31.2 Å². The van der Waals surface area contributed by atoms with Gasteiger partial charge in [-0.3, -0.25) is 0 Å². The molecule has 0 atom stereocenters. The first-order valence-electron chi connectivity index (χ1n) is 7.46. The number of benzene rings is 1. The predicted molar refractivity (Wildman–Crippen MR) is 113 cm³/mol. The van der Waals surface area contributed by atoms with E-state index in [0.717, 1.165) is 16.7 Å². The average molecular weight is 387 g/mol. The van der Waals surface area contributed by atoms with Gasteiger partial charge in [0.25, 0.3) is 0 Å². The molecular formula is C18H22N6S2. The zero-order valence-electron chi connectivity index (χ0n) is 14.4. The van der Waals surface area contributed by atoms with Crippen molar-refractivity contribution in [3.8, 4) is 6.07 Å². The van der Waals surface area contributed by atoms with Gasteiger partial charge < -0.3 is 28.7 Å². The third-order valence-electron chi connectivity index (χ3n) is 3.10. The normalized spacial score (nSPS) is 14.2. The first kappa shape index (κ1) is 21.2. The molecule has 0 radical (unpaired) electrons. The van der Waals surface area contributed by atoms with Crippen molar-refractivity contribution < 1.29 is 0 Å². The van der Waals surface area contributed by atoms with Crippen LogP contribution in [0, 0.1) is 11.3 Å². The molecule has 0 saturated carbocycles. The van der Waals surface area contributed by atoms with Gasteiger partial charge in [0.2, 0.25) is 0 Å². The highest BCUT2D eigenvalue weighted by Gasteiger charge is 2.14. The lowest BCUT2D eigenvalue weighted by molar-refractivity contribution is 1.26. The summed E-state index contributed by atoms with van der Waals surface area (Å²) in [6.45, 7) is 5.41. The number of nitriles is 1. The van der Waals surface area contributed by atoms with Gasteiger partial charge in [-0.15, -0.1) is 0 Å². The Balaban J connectivity index is 3.20. The monoisotopic (exact) mass is 386 g/mol. The van der Waals surface area contributed by atoms with E-state index in [-0.39, 0.29) is 21.3 Å². The van der Waals surface area contributed by atoms with Crippen molar-refractivity contribution in [3.63, 3.8) is 0 Å². The number of nitrogens with two attached hydrogens (primary N) is 5. The molecule has 0 aliphatic carbocycles. The topological polar surface area (TPSA) is 154 Å². The molecule has 0 saturated heterocycles. The largest absolute Gasteiger partial charge is 0.398 e. The summed E-state index contributed by atoms with van der Waals surface area (Å²) in [5, 5.41) is 9.91. The van der Waals surface area contributed by atoms with Crippen LogP contribution in [-0.2, 0) is 0 Å². The number of nitrogen functional groups attached to an aromatic ring is 1. The molecule has 1 rings (SSSR count). The second-order valence-electron chi connectivity index (χ2n) is 4.88. The SMILES string of the molecule is C=C/C=C(N)\C(=C/C)S/C(N)=C(C#N)/C(N)=C(\N)Sc1ccccc1N. The summed E-state index contributed by atoms with van der Waals surface area (Å²) in [6.07, 6.45) is 4.99. The van der Waals surface area contributed by atoms with Crippen LogP contribution in [0.1, 0.15) is 6.92 Å². The average Bonchev–Trinajstić information content (AvgIpc) is 2.62. The van der Waals surface area contributed by atoms with E-state index in [9.17, 15) is 5.26 Å². The van der Waals surface area contributed by atoms with Crippen molar-refractivity contribution in [2.75, 3.05) is 5.73 Å². The third-order valence-corrected chi connectivity index (χ3v) is 5.24. The minimum Gasteiger partial charge on any atom is -0.398 e. The van der Waals surface area contributed by atoms with Gasteiger partial charge in [-0.2, -0.15) is 5.26 Å². The maximum Gasteiger partial charge on any atom is 0.107 e. The number of hydrogen-bond acceptors (Lipinski definition) is 8. The summed E-state index contributed by atoms with van der Waals surface area (Å²) < 4.78 is 0. The minimum atomic E-state index is 0.0836. The predicted octanol–water partition coefficient (Wildman–Crippen LogP) is 2.81. The van der Waals surface area contributed by atoms with Crippen molar-refractivity contribution >= 4 is 29.2 Å². The highest BCUT2D eigenvalue weighted by Crippen LogP contribution is 2.33. The number of thioether (sulfide) groups is 2. The fraction of sp³-hybridized carbons (Fsp3) is 0.0556. The van der Waals surface area contributed by atoms with E-state index in [0.29, 0.717) is 16.3 Å². The van der Waals surface area contributed by atoms with Crippen LogP contribution < -0.4 is 28.7 Å². The Morgan fingerprint density at radius 2 is 1.81 bits per heavy atom. The Kier molecular flexibility index (Phi) is 8.28. The number of anilines is 1. The maximum atomic E-state index is 9.48. The van der Waals surface area contributed by atoms with Crippen LogP contribution in [0.4, 0.5) is 5.69 Å². The Morgan fingerprint density at radius 3 is 2.35 bits per heavy atom. The van der Waals surface area contributed by atoms with Crippen LogP contribution in [0.15, 0.2) is 85.9 Å². The van der Waals surface area contributed by atoms with E-state index in [4.69, 9.17) is 28.7 Å². The molecule has 6 nitrogen and oxygen atoms in total. The van der Waals surface area contributed by atoms with E-state index in [1.165, 1.54) is 11.8 Å². The van der Waals surface area contributed by atoms with Crippen molar-refractivity contribution in [2.45, 2.75) is 11.8 Å². The van der Waals surface area contributed by atoms with E-state index in [1.54, 1.807) is 24.3 Å². The van der Waals surface area contributed by atoms with Gasteiger partial charge in [0.15, 0.2) is 0 Å². The lowest BCUT2D eigenvalue weighted by atomic mass is 10.2. The number of rotatable bonds is 7. The Bertz CT molecular complexity index is 843. The van der Waals surface area contributed by atoms with Crippen LogP contribution in [0.5, 0.6) is 0 Å². The van der Waals surface area contributed by atoms with E-state index < -0.39 is 0 Å². The molecule has 0 aliphatic heterocycles. The Hall–Kier alpha value is -2.89. The van der Waals surface area contributed by atoms with E-state index >= 15 is 0 Å². The van der Waals surface area contributed by atoms with Crippen LogP contribution >= 0.6 is 23.5 Å². The minimum absolute atomic E-state index is 0.0836. The number of nitrogens with zero attached hydrogens (tertiary/aromatic N) is 1. The smallest absolute Gasteiger partial charge is 0.107 e. The molecule has 0 aliphatic rings. The molecule has 0 heterocycles. The van der Waals surface area contributed by atoms with Crippen molar-refractivity contribution in [3.05, 3.63) is 81.0 Å². The van der Waals surface area contributed by atoms with Gasteiger partial charge in [0.1, 0.15) is 11.6 Å². The maximum absolute atomic E-state index is 9.48. The van der Waals surface area contributed by atoms with Gasteiger partial charge in [-0.05, 0) is 25.1 Å². The molecule has 0 fully saturated rings. The molecule has 0 bridgehead atoms. The molecule has 0 spiro atoms. The molecule has 0 aromatic heterocycles. The second-order valence-corrected chi connectivity index (χ2v) is 7.05. The summed E-state index contributed by atoms with van der Waals surface area (Å²) in [5.74, 6) is 0. The first-order chi connectivity index (χ1) is 12.3. The first-order valence-corrected chi connectivity index (χ1v) is 9.09. The fourth-order valence-electron chi connectivity index (χ4n) is 1.78. The van der Waals surface area contributed by atoms with Crippen molar-refractivity contribution in [1.29, 1.82) is 5.26 Å². The van der Waals surface area contributed by atoms with Gasteiger partial charge in [-0.25, -0.2) is 0 Å².